The SMILES string of the molecule is CN(C)c1nc(-c2cccnc2)n[nH]1. The number of aromatic amines is 1. The van der Waals surface area contributed by atoms with Crippen molar-refractivity contribution in [3.63, 3.8) is 0 Å². The van der Waals surface area contributed by atoms with Crippen molar-refractivity contribution in [2.45, 2.75) is 0 Å². The van der Waals surface area contributed by atoms with Gasteiger partial charge in [-0.3, -0.25) is 4.98 Å². The van der Waals surface area contributed by atoms with Crippen LogP contribution in [0.1, 0.15) is 0 Å². The topological polar surface area (TPSA) is 57.7 Å². The second-order valence-corrected chi connectivity index (χ2v) is 3.12. The van der Waals surface area contributed by atoms with Crippen molar-refractivity contribution in [2.75, 3.05) is 19.0 Å². The number of H-pyrrole nitrogens is 1. The second-order valence-electron chi connectivity index (χ2n) is 3.12. The van der Waals surface area contributed by atoms with Gasteiger partial charge < -0.3 is 4.90 Å². The van der Waals surface area contributed by atoms with Crippen molar-refractivity contribution in [1.29, 1.82) is 0 Å². The molecule has 5 nitrogen and oxygen atoms in total. The minimum Gasteiger partial charge on any atom is -0.347 e. The Morgan fingerprint density at radius 1 is 1.36 bits per heavy atom. The van der Waals surface area contributed by atoms with Gasteiger partial charge in [-0.1, -0.05) is 0 Å². The molecule has 5 heteroatoms. The van der Waals surface area contributed by atoms with Crippen LogP contribution >= 0.6 is 0 Å². The van der Waals surface area contributed by atoms with E-state index in [2.05, 4.69) is 20.2 Å². The summed E-state index contributed by atoms with van der Waals surface area (Å²) in [6.07, 6.45) is 3.46. The second kappa shape index (κ2) is 3.45. The standard InChI is InChI=1S/C9H11N5/c1-14(2)9-11-8(12-13-9)7-4-3-5-10-6-7/h3-6H,1-2H3,(H,11,12,13). The molecule has 0 fully saturated rings. The Morgan fingerprint density at radius 2 is 2.21 bits per heavy atom. The van der Waals surface area contributed by atoms with Gasteiger partial charge in [0.05, 0.1) is 0 Å². The molecule has 0 saturated carbocycles. The molecule has 2 aromatic heterocycles. The molecular weight excluding hydrogens is 178 g/mol. The van der Waals surface area contributed by atoms with Gasteiger partial charge in [-0.15, -0.1) is 0 Å². The van der Waals surface area contributed by atoms with Gasteiger partial charge in [0.15, 0.2) is 5.82 Å². The van der Waals surface area contributed by atoms with Crippen LogP contribution in [0.3, 0.4) is 0 Å². The zero-order valence-electron chi connectivity index (χ0n) is 8.10. The van der Waals surface area contributed by atoms with Crippen molar-refractivity contribution in [3.8, 4) is 11.4 Å². The first kappa shape index (κ1) is 8.68. The minimum absolute atomic E-state index is 0.668. The summed E-state index contributed by atoms with van der Waals surface area (Å²) in [6.45, 7) is 0. The summed E-state index contributed by atoms with van der Waals surface area (Å²) >= 11 is 0. The first-order chi connectivity index (χ1) is 6.77. The van der Waals surface area contributed by atoms with Crippen molar-refractivity contribution in [2.24, 2.45) is 0 Å². The minimum atomic E-state index is 0.668. The monoisotopic (exact) mass is 189 g/mol. The third kappa shape index (κ3) is 1.56. The fourth-order valence-electron chi connectivity index (χ4n) is 1.08. The molecule has 0 spiro atoms. The van der Waals surface area contributed by atoms with Gasteiger partial charge in [-0.2, -0.15) is 10.1 Å². The number of pyridine rings is 1. The number of rotatable bonds is 2. The van der Waals surface area contributed by atoms with Crippen molar-refractivity contribution in [3.05, 3.63) is 24.5 Å². The molecule has 0 unspecified atom stereocenters. The predicted octanol–water partition coefficient (Wildman–Crippen LogP) is 0.933. The number of hydrogen-bond donors (Lipinski definition) is 1. The first-order valence-electron chi connectivity index (χ1n) is 4.27. The van der Waals surface area contributed by atoms with Crippen molar-refractivity contribution < 1.29 is 0 Å². The zero-order valence-corrected chi connectivity index (χ0v) is 8.10. The van der Waals surface area contributed by atoms with E-state index >= 15 is 0 Å². The van der Waals surface area contributed by atoms with Crippen LogP contribution in [-0.4, -0.2) is 34.3 Å². The predicted molar refractivity (Wildman–Crippen MR) is 53.9 cm³/mol. The van der Waals surface area contributed by atoms with Crippen LogP contribution in [0.5, 0.6) is 0 Å². The summed E-state index contributed by atoms with van der Waals surface area (Å²) in [6, 6.07) is 3.79. The lowest BCUT2D eigenvalue weighted by Crippen LogP contribution is -2.10. The molecule has 2 aromatic rings. The molecule has 0 aromatic carbocycles. The quantitative estimate of drug-likeness (QED) is 0.763. The van der Waals surface area contributed by atoms with Gasteiger partial charge in [0, 0.05) is 32.1 Å². The Morgan fingerprint density at radius 3 is 2.79 bits per heavy atom. The van der Waals surface area contributed by atoms with Crippen LogP contribution in [0.2, 0.25) is 0 Å². The molecule has 0 aliphatic rings. The molecule has 2 rings (SSSR count). The maximum Gasteiger partial charge on any atom is 0.221 e. The normalized spacial score (nSPS) is 10.1. The molecule has 72 valence electrons. The molecule has 0 atom stereocenters. The van der Waals surface area contributed by atoms with Gasteiger partial charge >= 0.3 is 0 Å². The molecule has 1 N–H and O–H groups in total. The lowest BCUT2D eigenvalue weighted by molar-refractivity contribution is 0.999. The number of nitrogens with one attached hydrogen (secondary N) is 1. The summed E-state index contributed by atoms with van der Waals surface area (Å²) in [5.41, 5.74) is 0.914. The van der Waals surface area contributed by atoms with Crippen molar-refractivity contribution >= 4 is 5.95 Å². The van der Waals surface area contributed by atoms with E-state index in [9.17, 15) is 0 Å². The summed E-state index contributed by atoms with van der Waals surface area (Å²) in [5, 5.41) is 6.93. The van der Waals surface area contributed by atoms with E-state index in [4.69, 9.17) is 0 Å². The average molecular weight is 189 g/mol. The lowest BCUT2D eigenvalue weighted by atomic mass is 10.3. The Hall–Kier alpha value is -1.91. The summed E-state index contributed by atoms with van der Waals surface area (Å²) in [4.78, 5) is 10.2. The molecule has 0 amide bonds. The highest BCUT2D eigenvalue weighted by atomic mass is 15.3. The smallest absolute Gasteiger partial charge is 0.221 e. The van der Waals surface area contributed by atoms with E-state index in [-0.39, 0.29) is 0 Å². The van der Waals surface area contributed by atoms with E-state index in [0.717, 1.165) is 11.5 Å². The molecule has 0 radical (unpaired) electrons. The van der Waals surface area contributed by atoms with Crippen LogP contribution in [-0.2, 0) is 0 Å². The molecule has 0 saturated heterocycles. The molecule has 0 aliphatic heterocycles. The zero-order chi connectivity index (χ0) is 9.97. The molecule has 0 aliphatic carbocycles. The number of hydrogen-bond acceptors (Lipinski definition) is 4. The highest BCUT2D eigenvalue weighted by molar-refractivity contribution is 5.54. The Labute approximate surface area is 81.8 Å². The highest BCUT2D eigenvalue weighted by Gasteiger charge is 2.05. The summed E-state index contributed by atoms with van der Waals surface area (Å²) in [7, 11) is 3.82. The van der Waals surface area contributed by atoms with Gasteiger partial charge in [-0.05, 0) is 12.1 Å². The number of nitrogens with zero attached hydrogens (tertiary/aromatic N) is 4. The fraction of sp³-hybridized carbons (Fsp3) is 0.222. The molecule has 14 heavy (non-hydrogen) atoms. The van der Waals surface area contributed by atoms with E-state index in [0.29, 0.717) is 5.82 Å². The van der Waals surface area contributed by atoms with E-state index in [1.165, 1.54) is 0 Å². The van der Waals surface area contributed by atoms with E-state index in [1.54, 1.807) is 12.4 Å². The number of aromatic nitrogens is 4. The Balaban J connectivity index is 2.34. The first-order valence-corrected chi connectivity index (χ1v) is 4.27. The van der Waals surface area contributed by atoms with Crippen LogP contribution < -0.4 is 4.90 Å². The number of anilines is 1. The fourth-order valence-corrected chi connectivity index (χ4v) is 1.08. The van der Waals surface area contributed by atoms with Crippen LogP contribution in [0.25, 0.3) is 11.4 Å². The largest absolute Gasteiger partial charge is 0.347 e. The van der Waals surface area contributed by atoms with E-state index < -0.39 is 0 Å². The average Bonchev–Trinajstić information content (AvgIpc) is 2.68. The maximum atomic E-state index is 4.30. The maximum absolute atomic E-state index is 4.30. The third-order valence-electron chi connectivity index (χ3n) is 1.82. The molecule has 0 bridgehead atoms. The third-order valence-corrected chi connectivity index (χ3v) is 1.82. The van der Waals surface area contributed by atoms with Crippen LogP contribution in [0, 0.1) is 0 Å². The molecule has 2 heterocycles. The Bertz CT molecular complexity index is 406. The Kier molecular flexibility index (Phi) is 2.14. The van der Waals surface area contributed by atoms with Gasteiger partial charge in [0.1, 0.15) is 0 Å². The van der Waals surface area contributed by atoms with Crippen molar-refractivity contribution in [1.82, 2.24) is 20.2 Å². The summed E-state index contributed by atoms with van der Waals surface area (Å²) < 4.78 is 0. The molecular formula is C9H11N5. The van der Waals surface area contributed by atoms with Crippen LogP contribution in [0.15, 0.2) is 24.5 Å². The lowest BCUT2D eigenvalue weighted by Gasteiger charge is -2.04. The highest BCUT2D eigenvalue weighted by Crippen LogP contribution is 2.14. The van der Waals surface area contributed by atoms with E-state index in [1.807, 2.05) is 31.1 Å². The van der Waals surface area contributed by atoms with Gasteiger partial charge in [0.2, 0.25) is 5.95 Å². The van der Waals surface area contributed by atoms with Gasteiger partial charge in [0.25, 0.3) is 0 Å². The summed E-state index contributed by atoms with van der Waals surface area (Å²) in [5.74, 6) is 1.41. The van der Waals surface area contributed by atoms with Crippen LogP contribution in [0.4, 0.5) is 5.95 Å². The van der Waals surface area contributed by atoms with Gasteiger partial charge in [-0.25, -0.2) is 5.10 Å².